The van der Waals surface area contributed by atoms with Crippen molar-refractivity contribution in [2.45, 2.75) is 83.2 Å². The highest BCUT2D eigenvalue weighted by molar-refractivity contribution is 6.31. The van der Waals surface area contributed by atoms with E-state index < -0.39 is 29.8 Å². The number of carbonyl (C=O) groups excluding carboxylic acids is 2. The van der Waals surface area contributed by atoms with E-state index in [4.69, 9.17) is 16.3 Å². The van der Waals surface area contributed by atoms with Gasteiger partial charge in [-0.15, -0.1) is 0 Å². The number of carbonyl (C=O) groups is 3. The molecule has 2 N–H and O–H groups in total. The number of amides is 2. The Bertz CT molecular complexity index is 1900. The maximum absolute atomic E-state index is 14.3. The molecule has 266 valence electrons. The predicted molar refractivity (Wildman–Crippen MR) is 197 cm³/mol. The van der Waals surface area contributed by atoms with Crippen molar-refractivity contribution in [3.05, 3.63) is 118 Å². The van der Waals surface area contributed by atoms with Crippen LogP contribution in [0.1, 0.15) is 81.2 Å². The third-order valence-corrected chi connectivity index (χ3v) is 10.4. The molecule has 2 amide bonds. The molecule has 1 fully saturated rings. The molecule has 1 saturated carbocycles. The minimum Gasteiger partial charge on any atom is -0.480 e. The molecule has 0 bridgehead atoms. The van der Waals surface area contributed by atoms with Crippen molar-refractivity contribution in [2.75, 3.05) is 6.54 Å². The van der Waals surface area contributed by atoms with Crippen molar-refractivity contribution in [1.82, 2.24) is 10.2 Å². The summed E-state index contributed by atoms with van der Waals surface area (Å²) in [6, 6.07) is 22.9. The molecular formula is C42H44ClFN2O5. The predicted octanol–water partition coefficient (Wildman–Crippen LogP) is 9.05. The highest BCUT2D eigenvalue weighted by atomic mass is 35.5. The van der Waals surface area contributed by atoms with Gasteiger partial charge in [-0.1, -0.05) is 93.7 Å². The van der Waals surface area contributed by atoms with E-state index in [9.17, 15) is 23.9 Å². The van der Waals surface area contributed by atoms with Gasteiger partial charge in [0.05, 0.1) is 5.02 Å². The summed E-state index contributed by atoms with van der Waals surface area (Å²) in [6.45, 7) is 6.80. The number of fused-ring (bicyclic) bond motifs is 1. The van der Waals surface area contributed by atoms with Gasteiger partial charge in [0.25, 0.3) is 0 Å². The fourth-order valence-corrected chi connectivity index (χ4v) is 7.32. The maximum Gasteiger partial charge on any atom is 0.326 e. The SMILES string of the molecule is CC(C)(C)c1ccc(Oc2ccc3c(c2)C(C(=O)N[C@@H](Cc2ccc(-c4ccc(F)c(Cl)c4)cc2)C(=O)O)N(C(=O)CC2CCCC2)CC3)cc1. The number of hydrogen-bond donors (Lipinski definition) is 2. The summed E-state index contributed by atoms with van der Waals surface area (Å²) in [6.07, 6.45) is 5.14. The number of rotatable bonds is 10. The molecule has 0 radical (unpaired) electrons. The molecule has 4 aromatic rings. The lowest BCUT2D eigenvalue weighted by Gasteiger charge is -2.37. The summed E-state index contributed by atoms with van der Waals surface area (Å²) in [4.78, 5) is 42.3. The van der Waals surface area contributed by atoms with Crippen molar-refractivity contribution in [3.63, 3.8) is 0 Å². The molecule has 0 aromatic heterocycles. The van der Waals surface area contributed by atoms with Gasteiger partial charge in [-0.3, -0.25) is 9.59 Å². The quantitative estimate of drug-likeness (QED) is 0.171. The average molecular weight is 711 g/mol. The largest absolute Gasteiger partial charge is 0.480 e. The Balaban J connectivity index is 1.25. The zero-order valence-electron chi connectivity index (χ0n) is 29.3. The van der Waals surface area contributed by atoms with Gasteiger partial charge in [0.15, 0.2) is 0 Å². The van der Waals surface area contributed by atoms with E-state index >= 15 is 0 Å². The Morgan fingerprint density at radius 1 is 0.922 bits per heavy atom. The van der Waals surface area contributed by atoms with Crippen LogP contribution in [0.15, 0.2) is 84.9 Å². The van der Waals surface area contributed by atoms with Crippen LogP contribution in [0, 0.1) is 11.7 Å². The van der Waals surface area contributed by atoms with Crippen LogP contribution in [0.4, 0.5) is 4.39 Å². The van der Waals surface area contributed by atoms with Crippen LogP contribution in [0.2, 0.25) is 5.02 Å². The second kappa shape index (κ2) is 15.3. The highest BCUT2D eigenvalue weighted by Gasteiger charge is 2.38. The van der Waals surface area contributed by atoms with Crippen molar-refractivity contribution in [2.24, 2.45) is 5.92 Å². The molecule has 2 aliphatic rings. The first-order valence-corrected chi connectivity index (χ1v) is 18.0. The molecule has 1 aliphatic heterocycles. The van der Waals surface area contributed by atoms with Crippen LogP contribution >= 0.6 is 11.6 Å². The number of carboxylic acid groups (broad SMARTS) is 1. The first-order valence-electron chi connectivity index (χ1n) is 17.6. The summed E-state index contributed by atoms with van der Waals surface area (Å²) in [5, 5.41) is 13.0. The molecule has 51 heavy (non-hydrogen) atoms. The second-order valence-corrected chi connectivity index (χ2v) is 15.2. The minimum atomic E-state index is -1.25. The summed E-state index contributed by atoms with van der Waals surface area (Å²) >= 11 is 5.97. The molecule has 1 aliphatic carbocycles. The van der Waals surface area contributed by atoms with E-state index in [1.807, 2.05) is 42.5 Å². The van der Waals surface area contributed by atoms with Gasteiger partial charge < -0.3 is 20.1 Å². The molecule has 0 saturated heterocycles. The van der Waals surface area contributed by atoms with E-state index in [0.717, 1.165) is 42.4 Å². The zero-order chi connectivity index (χ0) is 36.3. The van der Waals surface area contributed by atoms with Gasteiger partial charge in [-0.2, -0.15) is 0 Å². The summed E-state index contributed by atoms with van der Waals surface area (Å²) < 4.78 is 19.9. The van der Waals surface area contributed by atoms with Crippen molar-refractivity contribution in [3.8, 4) is 22.6 Å². The Labute approximate surface area is 303 Å². The number of halogens is 2. The molecule has 4 aromatic carbocycles. The van der Waals surface area contributed by atoms with E-state index in [0.29, 0.717) is 42.0 Å². The topological polar surface area (TPSA) is 95.9 Å². The van der Waals surface area contributed by atoms with Crippen molar-refractivity contribution in [1.29, 1.82) is 0 Å². The number of nitrogens with one attached hydrogen (secondary N) is 1. The minimum absolute atomic E-state index is 0.00448. The Kier molecular flexibility index (Phi) is 10.8. The number of carboxylic acids is 1. The summed E-state index contributed by atoms with van der Waals surface area (Å²) in [5.74, 6) is -0.882. The lowest BCUT2D eigenvalue weighted by molar-refractivity contribution is -0.145. The van der Waals surface area contributed by atoms with Gasteiger partial charge >= 0.3 is 5.97 Å². The van der Waals surface area contributed by atoms with Crippen LogP contribution in [-0.4, -0.2) is 40.4 Å². The van der Waals surface area contributed by atoms with Crippen molar-refractivity contribution < 1.29 is 28.6 Å². The van der Waals surface area contributed by atoms with Gasteiger partial charge in [0.1, 0.15) is 29.4 Å². The normalized spacial score (nSPS) is 16.7. The molecule has 9 heteroatoms. The fraction of sp³-hybridized carbons (Fsp3) is 0.357. The molecule has 1 unspecified atom stereocenters. The molecule has 0 spiro atoms. The lowest BCUT2D eigenvalue weighted by Crippen LogP contribution is -2.51. The van der Waals surface area contributed by atoms with Gasteiger partial charge in [-0.25, -0.2) is 9.18 Å². The van der Waals surface area contributed by atoms with E-state index in [-0.39, 0.29) is 28.7 Å². The maximum atomic E-state index is 14.3. The van der Waals surface area contributed by atoms with Crippen LogP contribution in [0.5, 0.6) is 11.5 Å². The third-order valence-electron chi connectivity index (χ3n) is 10.1. The number of aliphatic carboxylic acids is 1. The fourth-order valence-electron chi connectivity index (χ4n) is 7.14. The zero-order valence-corrected chi connectivity index (χ0v) is 30.0. The lowest BCUT2D eigenvalue weighted by atomic mass is 9.87. The second-order valence-electron chi connectivity index (χ2n) is 14.8. The Morgan fingerprint density at radius 3 is 2.24 bits per heavy atom. The van der Waals surface area contributed by atoms with Crippen LogP contribution in [0.25, 0.3) is 11.1 Å². The average Bonchev–Trinajstić information content (AvgIpc) is 3.61. The molecular weight excluding hydrogens is 667 g/mol. The van der Waals surface area contributed by atoms with E-state index in [1.165, 1.54) is 17.7 Å². The van der Waals surface area contributed by atoms with Crippen LogP contribution < -0.4 is 10.1 Å². The number of nitrogens with zero attached hydrogens (tertiary/aromatic N) is 1. The monoisotopic (exact) mass is 710 g/mol. The summed E-state index contributed by atoms with van der Waals surface area (Å²) in [5.41, 5.74) is 4.92. The smallest absolute Gasteiger partial charge is 0.326 e. The Hall–Kier alpha value is -4.69. The van der Waals surface area contributed by atoms with Gasteiger partial charge in [-0.05, 0) is 100 Å². The first-order chi connectivity index (χ1) is 24.4. The van der Waals surface area contributed by atoms with Crippen LogP contribution in [0.3, 0.4) is 0 Å². The molecule has 7 nitrogen and oxygen atoms in total. The van der Waals surface area contributed by atoms with Gasteiger partial charge in [0.2, 0.25) is 11.8 Å². The van der Waals surface area contributed by atoms with E-state index in [1.54, 1.807) is 35.2 Å². The highest BCUT2D eigenvalue weighted by Crippen LogP contribution is 2.37. The number of ether oxygens (including phenoxy) is 1. The first kappa shape index (κ1) is 36.1. The van der Waals surface area contributed by atoms with Gasteiger partial charge in [0, 0.05) is 19.4 Å². The molecule has 6 rings (SSSR count). The Morgan fingerprint density at radius 2 is 1.59 bits per heavy atom. The van der Waals surface area contributed by atoms with E-state index in [2.05, 4.69) is 26.1 Å². The third kappa shape index (κ3) is 8.62. The number of hydrogen-bond acceptors (Lipinski definition) is 4. The standard InChI is InChI=1S/C42H44ClFN2O5/c1-42(2,3)31-14-17-32(18-15-31)51-33-16-12-29-20-21-46(38(47)23-26-6-4-5-7-26)39(34(29)25-33)40(48)45-37(41(49)50)22-27-8-10-28(11-9-27)30-13-19-36(44)35(43)24-30/h8-19,24-26,37,39H,4-7,20-23H2,1-3H3,(H,45,48)(H,49,50)/t37-,39?/m0/s1. The summed E-state index contributed by atoms with van der Waals surface area (Å²) in [7, 11) is 0. The van der Waals surface area contributed by atoms with Crippen molar-refractivity contribution >= 4 is 29.4 Å². The van der Waals surface area contributed by atoms with Crippen LogP contribution in [-0.2, 0) is 32.6 Å². The molecule has 1 heterocycles. The molecule has 2 atom stereocenters. The number of benzene rings is 4.